The fourth-order valence-electron chi connectivity index (χ4n) is 3.05. The quantitative estimate of drug-likeness (QED) is 0.663. The van der Waals surface area contributed by atoms with Gasteiger partial charge < -0.3 is 15.7 Å². The van der Waals surface area contributed by atoms with Crippen LogP contribution in [0.5, 0.6) is 0 Å². The molecule has 0 aromatic heterocycles. The molecule has 116 valence electrons. The number of rotatable bonds is 7. The average molecular weight is 283 g/mol. The van der Waals surface area contributed by atoms with Gasteiger partial charge in [-0.1, -0.05) is 26.2 Å². The Morgan fingerprint density at radius 3 is 2.55 bits per heavy atom. The van der Waals surface area contributed by atoms with Gasteiger partial charge in [-0.3, -0.25) is 4.90 Å². The Kier molecular flexibility index (Phi) is 5.66. The van der Waals surface area contributed by atoms with Gasteiger partial charge in [0.1, 0.15) is 0 Å². The number of likely N-dealkylation sites (N-methyl/N-ethyl adjacent to an activating group) is 1. The Hall–Kier alpha value is -0.810. The van der Waals surface area contributed by atoms with Crippen molar-refractivity contribution in [3.63, 3.8) is 0 Å². The van der Waals surface area contributed by atoms with Crippen LogP contribution in [-0.4, -0.2) is 53.9 Å². The number of urea groups is 1. The second-order valence-corrected chi connectivity index (χ2v) is 6.25. The van der Waals surface area contributed by atoms with E-state index < -0.39 is 5.60 Å². The number of carbonyl (C=O) groups excluding carboxylic acids is 1. The SMILES string of the molecule is CCN(CCNC(=O)NCC1(O)CCCCC1)C1CC1. The molecular formula is C15H29N3O2. The van der Waals surface area contributed by atoms with Gasteiger partial charge in [0.15, 0.2) is 0 Å². The Balaban J connectivity index is 1.57. The van der Waals surface area contributed by atoms with Crippen LogP contribution in [-0.2, 0) is 0 Å². The third-order valence-electron chi connectivity index (χ3n) is 4.52. The number of hydrogen-bond donors (Lipinski definition) is 3. The molecule has 0 unspecified atom stereocenters. The highest BCUT2D eigenvalue weighted by atomic mass is 16.3. The molecule has 0 aliphatic heterocycles. The van der Waals surface area contributed by atoms with Gasteiger partial charge >= 0.3 is 6.03 Å². The van der Waals surface area contributed by atoms with Crippen molar-refractivity contribution in [2.45, 2.75) is 63.5 Å². The average Bonchev–Trinajstić information content (AvgIpc) is 3.27. The zero-order valence-corrected chi connectivity index (χ0v) is 12.7. The zero-order valence-electron chi connectivity index (χ0n) is 12.7. The molecule has 2 fully saturated rings. The van der Waals surface area contributed by atoms with E-state index in [1.165, 1.54) is 19.3 Å². The fourth-order valence-corrected chi connectivity index (χ4v) is 3.05. The van der Waals surface area contributed by atoms with Crippen LogP contribution in [0.25, 0.3) is 0 Å². The van der Waals surface area contributed by atoms with E-state index in [9.17, 15) is 9.90 Å². The molecule has 2 saturated carbocycles. The maximum Gasteiger partial charge on any atom is 0.314 e. The van der Waals surface area contributed by atoms with Crippen molar-refractivity contribution in [2.75, 3.05) is 26.2 Å². The van der Waals surface area contributed by atoms with Crippen LogP contribution in [0.1, 0.15) is 51.9 Å². The third kappa shape index (κ3) is 4.94. The first kappa shape index (κ1) is 15.6. The molecule has 2 amide bonds. The molecule has 0 spiro atoms. The summed E-state index contributed by atoms with van der Waals surface area (Å²) in [6, 6.07) is 0.587. The summed E-state index contributed by atoms with van der Waals surface area (Å²) in [6.07, 6.45) is 7.53. The molecule has 0 radical (unpaired) electrons. The Morgan fingerprint density at radius 1 is 1.25 bits per heavy atom. The number of nitrogens with one attached hydrogen (secondary N) is 2. The van der Waals surface area contributed by atoms with E-state index in [1.807, 2.05) is 0 Å². The monoisotopic (exact) mass is 283 g/mol. The molecule has 5 nitrogen and oxygen atoms in total. The summed E-state index contributed by atoms with van der Waals surface area (Å²) in [5, 5.41) is 16.0. The minimum Gasteiger partial charge on any atom is -0.388 e. The van der Waals surface area contributed by atoms with Gasteiger partial charge in [0.05, 0.1) is 5.60 Å². The largest absolute Gasteiger partial charge is 0.388 e. The van der Waals surface area contributed by atoms with E-state index in [1.54, 1.807) is 0 Å². The summed E-state index contributed by atoms with van der Waals surface area (Å²) in [6.45, 7) is 5.18. The van der Waals surface area contributed by atoms with Gasteiger partial charge in [0.25, 0.3) is 0 Å². The molecule has 2 rings (SSSR count). The smallest absolute Gasteiger partial charge is 0.314 e. The van der Waals surface area contributed by atoms with Crippen LogP contribution in [0.2, 0.25) is 0 Å². The highest BCUT2D eigenvalue weighted by Gasteiger charge is 2.29. The molecule has 0 heterocycles. The van der Waals surface area contributed by atoms with Crippen molar-refractivity contribution in [1.29, 1.82) is 0 Å². The van der Waals surface area contributed by atoms with Crippen LogP contribution in [0.3, 0.4) is 0 Å². The summed E-state index contributed by atoms with van der Waals surface area (Å²) >= 11 is 0. The lowest BCUT2D eigenvalue weighted by Crippen LogP contribution is -2.48. The molecule has 0 saturated heterocycles. The lowest BCUT2D eigenvalue weighted by Gasteiger charge is -2.32. The normalized spacial score (nSPS) is 21.8. The molecule has 5 heteroatoms. The Bertz CT molecular complexity index is 312. The third-order valence-corrected chi connectivity index (χ3v) is 4.52. The standard InChI is InChI=1S/C15H29N3O2/c1-2-18(13-6-7-13)11-10-16-14(19)17-12-15(20)8-4-3-5-9-15/h13,20H,2-12H2,1H3,(H2,16,17,19). The van der Waals surface area contributed by atoms with E-state index in [0.717, 1.165) is 44.8 Å². The number of hydrogen-bond acceptors (Lipinski definition) is 3. The Morgan fingerprint density at radius 2 is 1.95 bits per heavy atom. The molecule has 20 heavy (non-hydrogen) atoms. The van der Waals surface area contributed by atoms with Gasteiger partial charge in [0, 0.05) is 25.7 Å². The molecule has 0 atom stereocenters. The molecule has 2 aliphatic carbocycles. The molecule has 2 aliphatic rings. The van der Waals surface area contributed by atoms with Gasteiger partial charge in [0.2, 0.25) is 0 Å². The number of amides is 2. The summed E-state index contributed by atoms with van der Waals surface area (Å²) in [7, 11) is 0. The van der Waals surface area contributed by atoms with E-state index >= 15 is 0 Å². The van der Waals surface area contributed by atoms with Crippen LogP contribution in [0.4, 0.5) is 4.79 Å². The lowest BCUT2D eigenvalue weighted by atomic mass is 9.85. The number of carbonyl (C=O) groups is 1. The van der Waals surface area contributed by atoms with Gasteiger partial charge in [-0.25, -0.2) is 4.79 Å². The highest BCUT2D eigenvalue weighted by molar-refractivity contribution is 5.73. The van der Waals surface area contributed by atoms with Crippen LogP contribution in [0, 0.1) is 0 Å². The molecule has 0 aromatic carbocycles. The molecule has 3 N–H and O–H groups in total. The molecule has 0 aromatic rings. The van der Waals surface area contributed by atoms with Crippen molar-refractivity contribution in [1.82, 2.24) is 15.5 Å². The van der Waals surface area contributed by atoms with Gasteiger partial charge in [-0.15, -0.1) is 0 Å². The number of nitrogens with zero attached hydrogens (tertiary/aromatic N) is 1. The van der Waals surface area contributed by atoms with Crippen molar-refractivity contribution in [3.05, 3.63) is 0 Å². The zero-order chi connectivity index (χ0) is 14.4. The second kappa shape index (κ2) is 7.27. The fraction of sp³-hybridized carbons (Fsp3) is 0.933. The van der Waals surface area contributed by atoms with E-state index in [0.29, 0.717) is 13.1 Å². The molecular weight excluding hydrogens is 254 g/mol. The van der Waals surface area contributed by atoms with Crippen molar-refractivity contribution >= 4 is 6.03 Å². The predicted octanol–water partition coefficient (Wildman–Crippen LogP) is 1.47. The van der Waals surface area contributed by atoms with Crippen molar-refractivity contribution in [3.8, 4) is 0 Å². The van der Waals surface area contributed by atoms with Gasteiger partial charge in [-0.05, 0) is 32.2 Å². The maximum absolute atomic E-state index is 11.7. The Labute approximate surface area is 122 Å². The topological polar surface area (TPSA) is 64.6 Å². The highest BCUT2D eigenvalue weighted by Crippen LogP contribution is 2.27. The summed E-state index contributed by atoms with van der Waals surface area (Å²) < 4.78 is 0. The van der Waals surface area contributed by atoms with Gasteiger partial charge in [-0.2, -0.15) is 0 Å². The minimum absolute atomic E-state index is 0.157. The first-order valence-corrected chi connectivity index (χ1v) is 8.11. The van der Waals surface area contributed by atoms with E-state index in [2.05, 4.69) is 22.5 Å². The van der Waals surface area contributed by atoms with Crippen LogP contribution in [0.15, 0.2) is 0 Å². The minimum atomic E-state index is -0.681. The first-order valence-electron chi connectivity index (χ1n) is 8.11. The van der Waals surface area contributed by atoms with Crippen LogP contribution >= 0.6 is 0 Å². The second-order valence-electron chi connectivity index (χ2n) is 6.25. The van der Waals surface area contributed by atoms with E-state index in [-0.39, 0.29) is 6.03 Å². The molecule has 0 bridgehead atoms. The summed E-state index contributed by atoms with van der Waals surface area (Å²) in [5.74, 6) is 0. The van der Waals surface area contributed by atoms with E-state index in [4.69, 9.17) is 0 Å². The van der Waals surface area contributed by atoms with Crippen LogP contribution < -0.4 is 10.6 Å². The maximum atomic E-state index is 11.7. The lowest BCUT2D eigenvalue weighted by molar-refractivity contribution is 0.00719. The predicted molar refractivity (Wildman–Crippen MR) is 79.7 cm³/mol. The van der Waals surface area contributed by atoms with Crippen molar-refractivity contribution < 1.29 is 9.90 Å². The first-order chi connectivity index (χ1) is 9.63. The number of aliphatic hydroxyl groups is 1. The summed E-state index contributed by atoms with van der Waals surface area (Å²) in [5.41, 5.74) is -0.681. The van der Waals surface area contributed by atoms with Crippen molar-refractivity contribution in [2.24, 2.45) is 0 Å². The summed E-state index contributed by atoms with van der Waals surface area (Å²) in [4.78, 5) is 14.1.